The predicted octanol–water partition coefficient (Wildman–Crippen LogP) is 5.55. The highest BCUT2D eigenvalue weighted by Gasteiger charge is 2.20. The molecule has 0 radical (unpaired) electrons. The molecule has 0 saturated heterocycles. The van der Waals surface area contributed by atoms with Crippen molar-refractivity contribution in [2.45, 2.75) is 13.5 Å². The van der Waals surface area contributed by atoms with Crippen LogP contribution in [0.3, 0.4) is 0 Å². The second kappa shape index (κ2) is 10.4. The minimum absolute atomic E-state index is 0.0660. The Hall–Kier alpha value is -4.56. The van der Waals surface area contributed by atoms with Gasteiger partial charge in [0.05, 0.1) is 16.9 Å². The van der Waals surface area contributed by atoms with E-state index >= 15 is 0 Å². The van der Waals surface area contributed by atoms with Crippen LogP contribution in [0.25, 0.3) is 28.2 Å². The lowest BCUT2D eigenvalue weighted by atomic mass is 10.1. The molecule has 2 aromatic heterocycles. The van der Waals surface area contributed by atoms with E-state index in [2.05, 4.69) is 15.6 Å². The molecule has 0 unspecified atom stereocenters. The lowest BCUT2D eigenvalue weighted by Crippen LogP contribution is -2.18. The predicted molar refractivity (Wildman–Crippen MR) is 142 cm³/mol. The van der Waals surface area contributed by atoms with Gasteiger partial charge in [-0.15, -0.1) is 11.3 Å². The van der Waals surface area contributed by atoms with Gasteiger partial charge >= 0.3 is 0 Å². The summed E-state index contributed by atoms with van der Waals surface area (Å²) in [6.45, 7) is 1.98. The van der Waals surface area contributed by atoms with Gasteiger partial charge in [0.25, 0.3) is 5.91 Å². The molecule has 0 aliphatic carbocycles. The number of hydrogen-bond acceptors (Lipinski definition) is 5. The monoisotopic (exact) mass is 493 g/mol. The first-order valence-electron chi connectivity index (χ1n) is 11.4. The molecule has 5 rings (SSSR count). The molecule has 0 saturated carbocycles. The average molecular weight is 494 g/mol. The molecule has 2 heterocycles. The van der Waals surface area contributed by atoms with Crippen LogP contribution in [-0.4, -0.2) is 26.6 Å². The van der Waals surface area contributed by atoms with Crippen molar-refractivity contribution in [1.82, 2.24) is 20.1 Å². The number of carbonyl (C=O) groups excluding carboxylic acids is 2. The first-order valence-corrected chi connectivity index (χ1v) is 12.3. The van der Waals surface area contributed by atoms with Crippen LogP contribution in [0.15, 0.2) is 96.5 Å². The number of para-hydroxylation sites is 1. The summed E-state index contributed by atoms with van der Waals surface area (Å²) in [5, 5.41) is 12.8. The molecule has 0 aliphatic rings. The molecular weight excluding hydrogens is 470 g/mol. The molecule has 0 bridgehead atoms. The van der Waals surface area contributed by atoms with E-state index in [4.69, 9.17) is 5.10 Å². The Morgan fingerprint density at radius 1 is 0.889 bits per heavy atom. The summed E-state index contributed by atoms with van der Waals surface area (Å²) in [4.78, 5) is 29.1. The summed E-state index contributed by atoms with van der Waals surface area (Å²) in [7, 11) is 0. The van der Waals surface area contributed by atoms with Crippen molar-refractivity contribution >= 4 is 28.3 Å². The summed E-state index contributed by atoms with van der Waals surface area (Å²) in [6, 6.07) is 27.2. The summed E-state index contributed by atoms with van der Waals surface area (Å²) < 4.78 is 1.72. The fourth-order valence-corrected chi connectivity index (χ4v) is 4.43. The molecule has 7 nitrogen and oxygen atoms in total. The lowest BCUT2D eigenvalue weighted by Gasteiger charge is -2.04. The largest absolute Gasteiger partial charge is 0.352 e. The Morgan fingerprint density at radius 3 is 2.28 bits per heavy atom. The van der Waals surface area contributed by atoms with Gasteiger partial charge < -0.3 is 5.32 Å². The number of thiazole rings is 1. The lowest BCUT2D eigenvalue weighted by molar-refractivity contribution is -0.119. The minimum Gasteiger partial charge on any atom is -0.352 e. The Morgan fingerprint density at radius 2 is 1.58 bits per heavy atom. The molecule has 2 amide bonds. The quantitative estimate of drug-likeness (QED) is 0.311. The third-order valence-electron chi connectivity index (χ3n) is 5.54. The van der Waals surface area contributed by atoms with Gasteiger partial charge in [0, 0.05) is 36.2 Å². The summed E-state index contributed by atoms with van der Waals surface area (Å²) in [5.41, 5.74) is 5.49. The second-order valence-corrected chi connectivity index (χ2v) is 8.99. The summed E-state index contributed by atoms with van der Waals surface area (Å²) in [6.07, 6.45) is 1.75. The molecule has 0 fully saturated rings. The molecule has 0 aliphatic heterocycles. The van der Waals surface area contributed by atoms with E-state index in [0.29, 0.717) is 22.9 Å². The van der Waals surface area contributed by atoms with Crippen LogP contribution in [0, 0.1) is 0 Å². The van der Waals surface area contributed by atoms with E-state index in [-0.39, 0.29) is 11.8 Å². The number of amides is 2. The summed E-state index contributed by atoms with van der Waals surface area (Å²) in [5.74, 6) is -0.341. The highest BCUT2D eigenvalue weighted by Crippen LogP contribution is 2.28. The van der Waals surface area contributed by atoms with Crippen molar-refractivity contribution in [2.24, 2.45) is 0 Å². The van der Waals surface area contributed by atoms with Gasteiger partial charge in [-0.3, -0.25) is 14.9 Å². The van der Waals surface area contributed by atoms with Gasteiger partial charge in [0.2, 0.25) is 5.91 Å². The highest BCUT2D eigenvalue weighted by molar-refractivity contribution is 7.14. The Kier molecular flexibility index (Phi) is 6.68. The van der Waals surface area contributed by atoms with Gasteiger partial charge in [-0.25, -0.2) is 9.67 Å². The highest BCUT2D eigenvalue weighted by atomic mass is 32.1. The smallest absolute Gasteiger partial charge is 0.261 e. The Labute approximate surface area is 212 Å². The van der Waals surface area contributed by atoms with E-state index in [0.717, 1.165) is 28.1 Å². The standard InChI is InChI=1S/C28H23N5O2S/c1-19(34)29-16-20-12-14-21(15-13-20)25-18-36-28(30-25)31-27(35)24-17-33(23-10-6-3-7-11-23)32-26(24)22-8-4-2-5-9-22/h2-15,17-18H,16H2,1H3,(H,29,34)(H,30,31,35). The minimum atomic E-state index is -0.275. The van der Waals surface area contributed by atoms with E-state index in [1.165, 1.54) is 18.3 Å². The maximum Gasteiger partial charge on any atom is 0.261 e. The number of rotatable bonds is 7. The molecule has 2 N–H and O–H groups in total. The molecule has 5 aromatic rings. The molecule has 36 heavy (non-hydrogen) atoms. The van der Waals surface area contributed by atoms with Crippen LogP contribution in [0.4, 0.5) is 5.13 Å². The van der Waals surface area contributed by atoms with Crippen molar-refractivity contribution in [1.29, 1.82) is 0 Å². The number of anilines is 1. The summed E-state index contributed by atoms with van der Waals surface area (Å²) >= 11 is 1.36. The molecule has 0 atom stereocenters. The normalized spacial score (nSPS) is 10.7. The first kappa shape index (κ1) is 23.2. The van der Waals surface area contributed by atoms with Gasteiger partial charge in [-0.2, -0.15) is 5.10 Å². The number of nitrogens with zero attached hydrogens (tertiary/aromatic N) is 3. The van der Waals surface area contributed by atoms with E-state index in [1.54, 1.807) is 10.9 Å². The average Bonchev–Trinajstić information content (AvgIpc) is 3.57. The van der Waals surface area contributed by atoms with Crippen LogP contribution < -0.4 is 10.6 Å². The zero-order valence-electron chi connectivity index (χ0n) is 19.5. The molecule has 178 valence electrons. The van der Waals surface area contributed by atoms with Crippen LogP contribution in [0.2, 0.25) is 0 Å². The molecule has 0 spiro atoms. The maximum absolute atomic E-state index is 13.3. The zero-order valence-corrected chi connectivity index (χ0v) is 20.3. The van der Waals surface area contributed by atoms with Crippen LogP contribution in [0.5, 0.6) is 0 Å². The molecule has 8 heteroatoms. The zero-order chi connectivity index (χ0) is 24.9. The van der Waals surface area contributed by atoms with Crippen LogP contribution in [0.1, 0.15) is 22.8 Å². The number of aromatic nitrogens is 3. The number of carbonyl (C=O) groups is 2. The van der Waals surface area contributed by atoms with E-state index in [1.807, 2.05) is 90.3 Å². The second-order valence-electron chi connectivity index (χ2n) is 8.14. The fraction of sp³-hybridized carbons (Fsp3) is 0.0714. The van der Waals surface area contributed by atoms with Crippen molar-refractivity contribution in [3.8, 4) is 28.2 Å². The van der Waals surface area contributed by atoms with Crippen LogP contribution >= 0.6 is 11.3 Å². The fourth-order valence-electron chi connectivity index (χ4n) is 3.71. The van der Waals surface area contributed by atoms with Crippen molar-refractivity contribution in [2.75, 3.05) is 5.32 Å². The van der Waals surface area contributed by atoms with Gasteiger partial charge in [-0.05, 0) is 17.7 Å². The van der Waals surface area contributed by atoms with E-state index < -0.39 is 0 Å². The number of nitrogens with one attached hydrogen (secondary N) is 2. The van der Waals surface area contributed by atoms with Gasteiger partial charge in [0.15, 0.2) is 5.13 Å². The van der Waals surface area contributed by atoms with Crippen molar-refractivity contribution in [3.63, 3.8) is 0 Å². The maximum atomic E-state index is 13.3. The van der Waals surface area contributed by atoms with E-state index in [9.17, 15) is 9.59 Å². The van der Waals surface area contributed by atoms with Gasteiger partial charge in [0.1, 0.15) is 5.69 Å². The molecular formula is C28H23N5O2S. The first-order chi connectivity index (χ1) is 17.6. The number of benzene rings is 3. The number of hydrogen-bond donors (Lipinski definition) is 2. The van der Waals surface area contributed by atoms with Crippen molar-refractivity contribution in [3.05, 3.63) is 108 Å². The SMILES string of the molecule is CC(=O)NCc1ccc(-c2csc(NC(=O)c3cn(-c4ccccc4)nc3-c3ccccc3)n2)cc1. The van der Waals surface area contributed by atoms with Crippen LogP contribution in [-0.2, 0) is 11.3 Å². The van der Waals surface area contributed by atoms with Crippen molar-refractivity contribution < 1.29 is 9.59 Å². The Balaban J connectivity index is 1.37. The van der Waals surface area contributed by atoms with Gasteiger partial charge in [-0.1, -0.05) is 72.8 Å². The topological polar surface area (TPSA) is 88.9 Å². The third-order valence-corrected chi connectivity index (χ3v) is 6.30. The molecule has 3 aromatic carbocycles. The third kappa shape index (κ3) is 5.24. The Bertz CT molecular complexity index is 1490.